The Morgan fingerprint density at radius 1 is 1.36 bits per heavy atom. The predicted molar refractivity (Wildman–Crippen MR) is 58.4 cm³/mol. The molecule has 0 aliphatic rings. The van der Waals surface area contributed by atoms with Gasteiger partial charge in [0.2, 0.25) is 0 Å². The molecule has 0 saturated carbocycles. The summed E-state index contributed by atoms with van der Waals surface area (Å²) in [6.45, 7) is 5.91. The lowest BCUT2D eigenvalue weighted by molar-refractivity contribution is 0.149. The summed E-state index contributed by atoms with van der Waals surface area (Å²) in [6, 6.07) is 3.87. The minimum absolute atomic E-state index is 0.718. The maximum atomic E-state index is 5.35. The van der Waals surface area contributed by atoms with Gasteiger partial charge in [0, 0.05) is 24.6 Å². The van der Waals surface area contributed by atoms with Crippen LogP contribution in [0.3, 0.4) is 0 Å². The van der Waals surface area contributed by atoms with E-state index in [9.17, 15) is 0 Å². The molecule has 0 radical (unpaired) electrons. The van der Waals surface area contributed by atoms with Crippen LogP contribution in [0.4, 0.5) is 5.69 Å². The van der Waals surface area contributed by atoms with Crippen LogP contribution in [-0.2, 0) is 4.74 Å². The summed E-state index contributed by atoms with van der Waals surface area (Å²) in [5, 5.41) is 3.23. The van der Waals surface area contributed by atoms with E-state index < -0.39 is 0 Å². The van der Waals surface area contributed by atoms with Gasteiger partial charge in [-0.2, -0.15) is 0 Å². The van der Waals surface area contributed by atoms with Crippen molar-refractivity contribution in [3.8, 4) is 0 Å². The highest BCUT2D eigenvalue weighted by molar-refractivity contribution is 5.40. The fraction of sp³-hybridized carbons (Fsp3) is 0.364. The van der Waals surface area contributed by atoms with E-state index >= 15 is 0 Å². The second-order valence-electron chi connectivity index (χ2n) is 2.85. The quantitative estimate of drug-likeness (QED) is 0.530. The molecule has 14 heavy (non-hydrogen) atoms. The third-order valence-corrected chi connectivity index (χ3v) is 1.72. The smallest absolute Gasteiger partial charge is 0.0639 e. The number of aromatic nitrogens is 1. The van der Waals surface area contributed by atoms with Gasteiger partial charge in [0.05, 0.1) is 13.2 Å². The Morgan fingerprint density at radius 3 is 2.86 bits per heavy atom. The van der Waals surface area contributed by atoms with E-state index in [-0.39, 0.29) is 0 Å². The largest absolute Gasteiger partial charge is 0.383 e. The van der Waals surface area contributed by atoms with Crippen LogP contribution < -0.4 is 5.32 Å². The van der Waals surface area contributed by atoms with Crippen LogP contribution in [0, 0.1) is 0 Å². The highest BCUT2D eigenvalue weighted by atomic mass is 16.5. The Kier molecular flexibility index (Phi) is 5.43. The molecule has 0 atom stereocenters. The van der Waals surface area contributed by atoms with Crippen molar-refractivity contribution in [1.29, 1.82) is 0 Å². The van der Waals surface area contributed by atoms with E-state index in [1.54, 1.807) is 12.4 Å². The van der Waals surface area contributed by atoms with Crippen LogP contribution in [0.5, 0.6) is 0 Å². The first-order chi connectivity index (χ1) is 6.93. The summed E-state index contributed by atoms with van der Waals surface area (Å²) in [5.41, 5.74) is 1.08. The lowest BCUT2D eigenvalue weighted by Crippen LogP contribution is -2.09. The standard InChI is InChI=1S/C11H16N2O/c1-2-3-9-14-10-8-13-11-4-6-12-7-5-11/h2,4-7H,1,3,8-10H2,(H,12,13). The molecular formula is C11H16N2O. The van der Waals surface area contributed by atoms with E-state index in [2.05, 4.69) is 16.9 Å². The maximum Gasteiger partial charge on any atom is 0.0639 e. The molecule has 1 aromatic rings. The molecule has 1 heterocycles. The van der Waals surface area contributed by atoms with Crippen molar-refractivity contribution in [1.82, 2.24) is 4.98 Å². The van der Waals surface area contributed by atoms with Gasteiger partial charge in [-0.25, -0.2) is 0 Å². The van der Waals surface area contributed by atoms with Crippen molar-refractivity contribution in [2.24, 2.45) is 0 Å². The first kappa shape index (κ1) is 10.7. The normalized spacial score (nSPS) is 9.71. The van der Waals surface area contributed by atoms with Gasteiger partial charge in [-0.3, -0.25) is 4.98 Å². The van der Waals surface area contributed by atoms with Crippen LogP contribution in [0.15, 0.2) is 37.2 Å². The van der Waals surface area contributed by atoms with Crippen molar-refractivity contribution in [3.63, 3.8) is 0 Å². The molecule has 0 aromatic carbocycles. The van der Waals surface area contributed by atoms with Gasteiger partial charge in [0.15, 0.2) is 0 Å². The van der Waals surface area contributed by atoms with E-state index in [0.717, 1.165) is 31.9 Å². The van der Waals surface area contributed by atoms with Gasteiger partial charge in [-0.15, -0.1) is 6.58 Å². The number of anilines is 1. The van der Waals surface area contributed by atoms with Crippen molar-refractivity contribution < 1.29 is 4.74 Å². The average Bonchev–Trinajstić information content (AvgIpc) is 2.25. The average molecular weight is 192 g/mol. The molecule has 3 heteroatoms. The number of nitrogens with one attached hydrogen (secondary N) is 1. The van der Waals surface area contributed by atoms with Crippen LogP contribution in [-0.4, -0.2) is 24.7 Å². The van der Waals surface area contributed by atoms with E-state index in [1.807, 2.05) is 18.2 Å². The Hall–Kier alpha value is -1.35. The summed E-state index contributed by atoms with van der Waals surface area (Å²) < 4.78 is 5.35. The molecule has 3 nitrogen and oxygen atoms in total. The molecule has 1 N–H and O–H groups in total. The third-order valence-electron chi connectivity index (χ3n) is 1.72. The Balaban J connectivity index is 2.02. The molecule has 0 aliphatic carbocycles. The Labute approximate surface area is 84.8 Å². The van der Waals surface area contributed by atoms with Crippen LogP contribution in [0.1, 0.15) is 6.42 Å². The Morgan fingerprint density at radius 2 is 2.14 bits per heavy atom. The fourth-order valence-electron chi connectivity index (χ4n) is 1.01. The summed E-state index contributed by atoms with van der Waals surface area (Å²) in [6.07, 6.45) is 6.30. The zero-order chi connectivity index (χ0) is 10.1. The van der Waals surface area contributed by atoms with Gasteiger partial charge in [-0.1, -0.05) is 6.08 Å². The van der Waals surface area contributed by atoms with E-state index in [1.165, 1.54) is 0 Å². The number of pyridine rings is 1. The van der Waals surface area contributed by atoms with Crippen LogP contribution in [0.25, 0.3) is 0 Å². The molecule has 0 saturated heterocycles. The molecule has 1 rings (SSSR count). The van der Waals surface area contributed by atoms with Crippen molar-refractivity contribution in [3.05, 3.63) is 37.2 Å². The predicted octanol–water partition coefficient (Wildman–Crippen LogP) is 2.09. The summed E-state index contributed by atoms with van der Waals surface area (Å²) >= 11 is 0. The van der Waals surface area contributed by atoms with Gasteiger partial charge in [0.25, 0.3) is 0 Å². The number of hydrogen-bond donors (Lipinski definition) is 1. The minimum atomic E-state index is 0.718. The minimum Gasteiger partial charge on any atom is -0.383 e. The molecule has 0 spiro atoms. The molecule has 0 amide bonds. The van der Waals surface area contributed by atoms with Gasteiger partial charge >= 0.3 is 0 Å². The third kappa shape index (κ3) is 4.62. The van der Waals surface area contributed by atoms with E-state index in [4.69, 9.17) is 4.74 Å². The molecule has 0 unspecified atom stereocenters. The summed E-state index contributed by atoms with van der Waals surface area (Å²) in [7, 11) is 0. The number of nitrogens with zero attached hydrogens (tertiary/aromatic N) is 1. The monoisotopic (exact) mass is 192 g/mol. The van der Waals surface area contributed by atoms with Gasteiger partial charge < -0.3 is 10.1 Å². The summed E-state index contributed by atoms with van der Waals surface area (Å²) in [5.74, 6) is 0. The number of hydrogen-bond acceptors (Lipinski definition) is 3. The number of rotatable bonds is 7. The Bertz CT molecular complexity index is 249. The molecule has 0 bridgehead atoms. The lowest BCUT2D eigenvalue weighted by Gasteiger charge is -2.05. The zero-order valence-corrected chi connectivity index (χ0v) is 8.28. The van der Waals surface area contributed by atoms with Crippen LogP contribution in [0.2, 0.25) is 0 Å². The highest BCUT2D eigenvalue weighted by Gasteiger charge is 1.89. The second kappa shape index (κ2) is 7.09. The maximum absolute atomic E-state index is 5.35. The molecule has 76 valence electrons. The topological polar surface area (TPSA) is 34.1 Å². The second-order valence-corrected chi connectivity index (χ2v) is 2.85. The van der Waals surface area contributed by atoms with Gasteiger partial charge in [-0.05, 0) is 18.6 Å². The zero-order valence-electron chi connectivity index (χ0n) is 8.28. The fourth-order valence-corrected chi connectivity index (χ4v) is 1.01. The lowest BCUT2D eigenvalue weighted by atomic mass is 10.4. The highest BCUT2D eigenvalue weighted by Crippen LogP contribution is 2.01. The van der Waals surface area contributed by atoms with Crippen molar-refractivity contribution in [2.45, 2.75) is 6.42 Å². The van der Waals surface area contributed by atoms with E-state index in [0.29, 0.717) is 0 Å². The SMILES string of the molecule is C=CCCOCCNc1ccncc1. The molecule has 0 fully saturated rings. The van der Waals surface area contributed by atoms with Crippen molar-refractivity contribution in [2.75, 3.05) is 25.1 Å². The first-order valence-electron chi connectivity index (χ1n) is 4.76. The summed E-state index contributed by atoms with van der Waals surface area (Å²) in [4.78, 5) is 3.93. The molecular weight excluding hydrogens is 176 g/mol. The van der Waals surface area contributed by atoms with Gasteiger partial charge in [0.1, 0.15) is 0 Å². The molecule has 1 aromatic heterocycles. The molecule has 0 aliphatic heterocycles. The number of ether oxygens (including phenoxy) is 1. The first-order valence-corrected chi connectivity index (χ1v) is 4.76. The van der Waals surface area contributed by atoms with Crippen molar-refractivity contribution >= 4 is 5.69 Å². The van der Waals surface area contributed by atoms with Crippen LogP contribution >= 0.6 is 0 Å².